The predicted octanol–water partition coefficient (Wildman–Crippen LogP) is 2.47. The zero-order chi connectivity index (χ0) is 16.9. The normalized spacial score (nSPS) is 13.9. The summed E-state index contributed by atoms with van der Waals surface area (Å²) in [6.07, 6.45) is 3.01. The number of rotatable bonds is 7. The molecule has 0 bridgehead atoms. The van der Waals surface area contributed by atoms with Crippen LogP contribution >= 0.6 is 23.7 Å². The third-order valence-corrected chi connectivity index (χ3v) is 5.90. The minimum absolute atomic E-state index is 0. The maximum absolute atomic E-state index is 12.3. The highest BCUT2D eigenvalue weighted by molar-refractivity contribution is 7.10. The Balaban J connectivity index is 0.00000288. The van der Waals surface area contributed by atoms with Gasteiger partial charge in [0, 0.05) is 37.4 Å². The maximum Gasteiger partial charge on any atom is 0.223 e. The minimum Gasteiger partial charge on any atom is -0.349 e. The molecule has 0 spiro atoms. The van der Waals surface area contributed by atoms with Gasteiger partial charge in [-0.15, -0.1) is 23.7 Å². The van der Waals surface area contributed by atoms with Crippen LogP contribution in [-0.4, -0.2) is 35.3 Å². The molecule has 0 aromatic carbocycles. The molecular weight excluding hydrogens is 346 g/mol. The summed E-state index contributed by atoms with van der Waals surface area (Å²) in [6.45, 7) is 5.90. The van der Waals surface area contributed by atoms with Crippen LogP contribution in [0.3, 0.4) is 0 Å². The average Bonchev–Trinajstić information content (AvgIpc) is 3.05. The van der Waals surface area contributed by atoms with Crippen molar-refractivity contribution in [2.75, 3.05) is 13.1 Å². The molecule has 2 amide bonds. The number of nitrogens with zero attached hydrogens (tertiary/aromatic N) is 1. The molecule has 1 aromatic heterocycles. The molecule has 1 aliphatic rings. The monoisotopic (exact) mass is 373 g/mol. The Morgan fingerprint density at radius 1 is 1.33 bits per heavy atom. The van der Waals surface area contributed by atoms with Gasteiger partial charge in [-0.1, -0.05) is 13.8 Å². The molecule has 3 N–H and O–H groups in total. The average molecular weight is 374 g/mol. The zero-order valence-electron chi connectivity index (χ0n) is 14.5. The van der Waals surface area contributed by atoms with Gasteiger partial charge in [-0.05, 0) is 36.3 Å². The van der Waals surface area contributed by atoms with E-state index in [2.05, 4.69) is 16.8 Å². The Morgan fingerprint density at radius 2 is 2.04 bits per heavy atom. The fourth-order valence-electron chi connectivity index (χ4n) is 2.96. The van der Waals surface area contributed by atoms with E-state index in [4.69, 9.17) is 5.73 Å². The van der Waals surface area contributed by atoms with Crippen molar-refractivity contribution in [2.24, 2.45) is 5.73 Å². The van der Waals surface area contributed by atoms with Gasteiger partial charge in [-0.3, -0.25) is 9.59 Å². The summed E-state index contributed by atoms with van der Waals surface area (Å²) in [4.78, 5) is 27.7. The van der Waals surface area contributed by atoms with Gasteiger partial charge in [0.15, 0.2) is 0 Å². The number of hydrogen-bond acceptors (Lipinski definition) is 4. The summed E-state index contributed by atoms with van der Waals surface area (Å²) in [6, 6.07) is 2.09. The topological polar surface area (TPSA) is 75.4 Å². The number of nitrogens with two attached hydrogens (primary N) is 1. The van der Waals surface area contributed by atoms with Gasteiger partial charge in [-0.2, -0.15) is 0 Å². The van der Waals surface area contributed by atoms with Gasteiger partial charge in [-0.25, -0.2) is 0 Å². The molecule has 5 nitrogen and oxygen atoms in total. The molecule has 136 valence electrons. The van der Waals surface area contributed by atoms with E-state index in [-0.39, 0.29) is 42.6 Å². The van der Waals surface area contributed by atoms with Crippen LogP contribution in [-0.2, 0) is 22.6 Å². The summed E-state index contributed by atoms with van der Waals surface area (Å²) in [5.74, 6) is -0.0240. The van der Waals surface area contributed by atoms with Gasteiger partial charge in [0.2, 0.25) is 11.8 Å². The van der Waals surface area contributed by atoms with E-state index in [0.29, 0.717) is 13.1 Å². The summed E-state index contributed by atoms with van der Waals surface area (Å²) >= 11 is 1.76. The zero-order valence-corrected chi connectivity index (χ0v) is 16.1. The van der Waals surface area contributed by atoms with Gasteiger partial charge in [0.05, 0.1) is 5.54 Å². The molecule has 1 aromatic rings. The maximum atomic E-state index is 12.3. The van der Waals surface area contributed by atoms with Crippen molar-refractivity contribution < 1.29 is 9.59 Å². The van der Waals surface area contributed by atoms with Crippen LogP contribution in [0.4, 0.5) is 0 Å². The second-order valence-electron chi connectivity index (χ2n) is 6.17. The Kier molecular flexibility index (Phi) is 8.19. The van der Waals surface area contributed by atoms with Crippen LogP contribution in [0.25, 0.3) is 0 Å². The van der Waals surface area contributed by atoms with Crippen molar-refractivity contribution in [1.29, 1.82) is 0 Å². The first-order valence-electron chi connectivity index (χ1n) is 8.37. The quantitative estimate of drug-likeness (QED) is 0.770. The number of fused-ring (bicyclic) bond motifs is 1. The lowest BCUT2D eigenvalue weighted by molar-refractivity contribution is -0.134. The fraction of sp³-hybridized carbons (Fsp3) is 0.647. The number of thiophene rings is 1. The molecular formula is C17H28ClN3O2S. The van der Waals surface area contributed by atoms with Gasteiger partial charge in [0.1, 0.15) is 0 Å². The highest BCUT2D eigenvalue weighted by Crippen LogP contribution is 2.24. The molecule has 0 unspecified atom stereocenters. The number of nitrogens with one attached hydrogen (secondary N) is 1. The molecule has 2 rings (SSSR count). The second-order valence-corrected chi connectivity index (χ2v) is 7.17. The lowest BCUT2D eigenvalue weighted by atomic mass is 9.92. The minimum atomic E-state index is -0.336. The molecule has 1 aliphatic heterocycles. The molecule has 0 aliphatic carbocycles. The molecule has 2 heterocycles. The number of carbonyl (C=O) groups excluding carboxylic acids is 2. The van der Waals surface area contributed by atoms with Crippen molar-refractivity contribution in [1.82, 2.24) is 10.2 Å². The Hall–Kier alpha value is -1.11. The van der Waals surface area contributed by atoms with Gasteiger partial charge < -0.3 is 16.0 Å². The smallest absolute Gasteiger partial charge is 0.223 e. The van der Waals surface area contributed by atoms with Crippen LogP contribution in [0.15, 0.2) is 11.4 Å². The SMILES string of the molecule is CCC(CC)(CN)NC(=O)CCC(=O)N1CCc2sccc2C1.Cl. The highest BCUT2D eigenvalue weighted by atomic mass is 35.5. The Labute approximate surface area is 154 Å². The number of amides is 2. The first-order valence-corrected chi connectivity index (χ1v) is 9.25. The van der Waals surface area contributed by atoms with E-state index in [0.717, 1.165) is 25.8 Å². The Bertz CT molecular complexity index is 550. The first kappa shape index (κ1) is 20.9. The van der Waals surface area contributed by atoms with Crippen molar-refractivity contribution in [3.05, 3.63) is 21.9 Å². The first-order chi connectivity index (χ1) is 11.0. The fourth-order valence-corrected chi connectivity index (χ4v) is 3.85. The third kappa shape index (κ3) is 4.94. The molecule has 0 atom stereocenters. The highest BCUT2D eigenvalue weighted by Gasteiger charge is 2.27. The van der Waals surface area contributed by atoms with Crippen LogP contribution in [0.5, 0.6) is 0 Å². The lowest BCUT2D eigenvalue weighted by Crippen LogP contribution is -2.53. The van der Waals surface area contributed by atoms with E-state index in [1.54, 1.807) is 11.3 Å². The number of carbonyl (C=O) groups is 2. The number of hydrogen-bond donors (Lipinski definition) is 2. The van der Waals surface area contributed by atoms with Gasteiger partial charge in [0.25, 0.3) is 0 Å². The summed E-state index contributed by atoms with van der Waals surface area (Å²) < 4.78 is 0. The molecule has 0 saturated carbocycles. The third-order valence-electron chi connectivity index (χ3n) is 4.88. The largest absolute Gasteiger partial charge is 0.349 e. The van der Waals surface area contributed by atoms with Crippen LogP contribution in [0, 0.1) is 0 Å². The van der Waals surface area contributed by atoms with E-state index < -0.39 is 0 Å². The van der Waals surface area contributed by atoms with Crippen molar-refractivity contribution in [3.63, 3.8) is 0 Å². The predicted molar refractivity (Wildman–Crippen MR) is 100 cm³/mol. The standard InChI is InChI=1S/C17H27N3O2S.ClH/c1-3-17(4-2,12-18)19-15(21)5-6-16(22)20-9-7-14-13(11-20)8-10-23-14;/h8,10H,3-7,9,11-12,18H2,1-2H3,(H,19,21);1H. The lowest BCUT2D eigenvalue weighted by Gasteiger charge is -2.31. The van der Waals surface area contributed by atoms with Gasteiger partial charge >= 0.3 is 0 Å². The molecule has 0 fully saturated rings. The molecule has 7 heteroatoms. The van der Waals surface area contributed by atoms with E-state index in [9.17, 15) is 9.59 Å². The molecule has 0 saturated heterocycles. The van der Waals surface area contributed by atoms with Crippen LogP contribution < -0.4 is 11.1 Å². The van der Waals surface area contributed by atoms with Crippen molar-refractivity contribution >= 4 is 35.6 Å². The summed E-state index contributed by atoms with van der Waals surface area (Å²) in [5.41, 5.74) is 6.71. The number of halogens is 1. The molecule has 24 heavy (non-hydrogen) atoms. The van der Waals surface area contributed by atoms with Crippen molar-refractivity contribution in [3.8, 4) is 0 Å². The Morgan fingerprint density at radius 3 is 2.67 bits per heavy atom. The van der Waals surface area contributed by atoms with Crippen LogP contribution in [0.1, 0.15) is 50.0 Å². The second kappa shape index (κ2) is 9.39. The summed E-state index contributed by atoms with van der Waals surface area (Å²) in [5, 5.41) is 5.09. The van der Waals surface area contributed by atoms with E-state index >= 15 is 0 Å². The van der Waals surface area contributed by atoms with Crippen molar-refractivity contribution in [2.45, 2.75) is 58.0 Å². The summed E-state index contributed by atoms with van der Waals surface area (Å²) in [7, 11) is 0. The molecule has 0 radical (unpaired) electrons. The van der Waals surface area contributed by atoms with E-state index in [1.165, 1.54) is 10.4 Å². The van der Waals surface area contributed by atoms with Crippen LogP contribution in [0.2, 0.25) is 0 Å². The van der Waals surface area contributed by atoms with E-state index in [1.807, 2.05) is 18.7 Å².